The van der Waals surface area contributed by atoms with Crippen LogP contribution in [0.25, 0.3) is 0 Å². The Morgan fingerprint density at radius 1 is 1.15 bits per heavy atom. The Bertz CT molecular complexity index is 836. The number of hydrogen-bond acceptors (Lipinski definition) is 4. The molecule has 0 radical (unpaired) electrons. The van der Waals surface area contributed by atoms with Crippen molar-refractivity contribution in [1.29, 1.82) is 0 Å². The number of cyclic esters (lactones) is 1. The molecule has 27 heavy (non-hydrogen) atoms. The van der Waals surface area contributed by atoms with E-state index in [-0.39, 0.29) is 5.56 Å². The average Bonchev–Trinajstić information content (AvgIpc) is 3.04. The van der Waals surface area contributed by atoms with Crippen molar-refractivity contribution >= 4 is 23.4 Å². The molecule has 142 valence electrons. The second-order valence-electron chi connectivity index (χ2n) is 6.30. The van der Waals surface area contributed by atoms with E-state index in [4.69, 9.17) is 4.74 Å². The third-order valence-corrected chi connectivity index (χ3v) is 4.25. The lowest BCUT2D eigenvalue weighted by molar-refractivity contribution is -0.120. The zero-order chi connectivity index (χ0) is 19.6. The van der Waals surface area contributed by atoms with E-state index in [2.05, 4.69) is 5.32 Å². The van der Waals surface area contributed by atoms with Crippen LogP contribution in [0.1, 0.15) is 11.6 Å². The molecule has 1 atom stereocenters. The van der Waals surface area contributed by atoms with Gasteiger partial charge in [-0.15, -0.1) is 0 Å². The first-order valence-electron chi connectivity index (χ1n) is 8.34. The zero-order valence-electron chi connectivity index (χ0n) is 14.9. The molecule has 1 aliphatic heterocycles. The second-order valence-corrected chi connectivity index (χ2v) is 6.30. The molecule has 0 spiro atoms. The summed E-state index contributed by atoms with van der Waals surface area (Å²) in [6.07, 6.45) is -0.422. The number of halogens is 2. The number of anilines is 2. The summed E-state index contributed by atoms with van der Waals surface area (Å²) < 4.78 is 33.1. The molecule has 0 saturated carbocycles. The molecule has 8 heteroatoms. The van der Waals surface area contributed by atoms with Crippen molar-refractivity contribution in [2.24, 2.45) is 0 Å². The van der Waals surface area contributed by atoms with Crippen molar-refractivity contribution in [1.82, 2.24) is 4.90 Å². The largest absolute Gasteiger partial charge is 0.447 e. The first-order valence-corrected chi connectivity index (χ1v) is 8.34. The summed E-state index contributed by atoms with van der Waals surface area (Å²) in [5.41, 5.74) is 0.774. The second kappa shape index (κ2) is 7.71. The van der Waals surface area contributed by atoms with Gasteiger partial charge < -0.3 is 10.1 Å². The van der Waals surface area contributed by atoms with E-state index >= 15 is 0 Å². The lowest BCUT2D eigenvalue weighted by Crippen LogP contribution is -2.33. The van der Waals surface area contributed by atoms with Gasteiger partial charge in [0.2, 0.25) is 5.91 Å². The minimum atomic E-state index is -1.14. The molecular formula is C19H19F2N3O3. The summed E-state index contributed by atoms with van der Waals surface area (Å²) in [5, 5.41) is 2.66. The molecule has 0 bridgehead atoms. The molecule has 1 heterocycles. The van der Waals surface area contributed by atoms with Crippen LogP contribution in [0.2, 0.25) is 0 Å². The van der Waals surface area contributed by atoms with Gasteiger partial charge in [0.15, 0.2) is 0 Å². The molecule has 1 N–H and O–H groups in total. The Balaban J connectivity index is 1.79. The number of rotatable bonds is 5. The predicted octanol–water partition coefficient (Wildman–Crippen LogP) is 3.16. The number of carbonyl (C=O) groups is 2. The van der Waals surface area contributed by atoms with Crippen LogP contribution in [0.5, 0.6) is 0 Å². The highest BCUT2D eigenvalue weighted by Crippen LogP contribution is 2.27. The standard InChI is InChI=1S/C19H19F2N3O3/c1-23(2)17(16-14(20)4-3-5-15(16)21)18(25)22-12-6-8-13(9-7-12)24-10-11-27-19(24)26/h3-9,17H,10-11H2,1-2H3,(H,22,25)/t17-/m1/s1. The summed E-state index contributed by atoms with van der Waals surface area (Å²) in [6, 6.07) is 8.90. The fourth-order valence-electron chi connectivity index (χ4n) is 2.96. The maximum absolute atomic E-state index is 14.1. The van der Waals surface area contributed by atoms with Gasteiger partial charge in [0, 0.05) is 11.4 Å². The number of ether oxygens (including phenoxy) is 1. The van der Waals surface area contributed by atoms with Crippen LogP contribution in [0.4, 0.5) is 25.0 Å². The van der Waals surface area contributed by atoms with E-state index in [1.807, 2.05) is 0 Å². The Hall–Kier alpha value is -3.00. The highest BCUT2D eigenvalue weighted by molar-refractivity contribution is 5.96. The van der Waals surface area contributed by atoms with E-state index in [0.29, 0.717) is 24.5 Å². The number of likely N-dealkylation sites (N-methyl/N-ethyl adjacent to an activating group) is 1. The minimum absolute atomic E-state index is 0.309. The van der Waals surface area contributed by atoms with Gasteiger partial charge >= 0.3 is 6.09 Å². The zero-order valence-corrected chi connectivity index (χ0v) is 14.9. The van der Waals surface area contributed by atoms with Crippen LogP contribution in [0, 0.1) is 11.6 Å². The molecule has 1 aliphatic rings. The first-order chi connectivity index (χ1) is 12.9. The minimum Gasteiger partial charge on any atom is -0.447 e. The van der Waals surface area contributed by atoms with Gasteiger partial charge in [-0.1, -0.05) is 6.07 Å². The molecule has 2 amide bonds. The van der Waals surface area contributed by atoms with E-state index in [9.17, 15) is 18.4 Å². The third-order valence-electron chi connectivity index (χ3n) is 4.25. The molecule has 2 aromatic carbocycles. The van der Waals surface area contributed by atoms with Crippen LogP contribution in [0.3, 0.4) is 0 Å². The van der Waals surface area contributed by atoms with E-state index in [0.717, 1.165) is 12.1 Å². The smallest absolute Gasteiger partial charge is 0.414 e. The Morgan fingerprint density at radius 2 is 1.78 bits per heavy atom. The number of nitrogens with zero attached hydrogens (tertiary/aromatic N) is 2. The van der Waals surface area contributed by atoms with Gasteiger partial charge in [-0.2, -0.15) is 0 Å². The van der Waals surface area contributed by atoms with E-state index in [1.54, 1.807) is 38.4 Å². The normalized spacial score (nSPS) is 15.0. The van der Waals surface area contributed by atoms with Gasteiger partial charge in [-0.05, 0) is 50.5 Å². The molecule has 0 aliphatic carbocycles. The Labute approximate surface area is 155 Å². The van der Waals surface area contributed by atoms with Crippen LogP contribution in [-0.2, 0) is 9.53 Å². The number of carbonyl (C=O) groups excluding carboxylic acids is 2. The fourth-order valence-corrected chi connectivity index (χ4v) is 2.96. The highest BCUT2D eigenvalue weighted by atomic mass is 19.1. The summed E-state index contributed by atoms with van der Waals surface area (Å²) in [5.74, 6) is -2.14. The van der Waals surface area contributed by atoms with Crippen LogP contribution < -0.4 is 10.2 Å². The number of nitrogens with one attached hydrogen (secondary N) is 1. The number of hydrogen-bond donors (Lipinski definition) is 1. The first kappa shape index (κ1) is 18.8. The molecule has 3 rings (SSSR count). The van der Waals surface area contributed by atoms with Crippen molar-refractivity contribution in [3.63, 3.8) is 0 Å². The summed E-state index contributed by atoms with van der Waals surface area (Å²) in [6.45, 7) is 0.788. The van der Waals surface area contributed by atoms with E-state index in [1.165, 1.54) is 15.9 Å². The van der Waals surface area contributed by atoms with Crippen molar-refractivity contribution in [3.05, 3.63) is 59.7 Å². The molecule has 2 aromatic rings. The van der Waals surface area contributed by atoms with Gasteiger partial charge in [-0.3, -0.25) is 14.6 Å². The maximum atomic E-state index is 14.1. The molecule has 1 saturated heterocycles. The van der Waals surface area contributed by atoms with Crippen molar-refractivity contribution in [3.8, 4) is 0 Å². The van der Waals surface area contributed by atoms with Gasteiger partial charge in [0.1, 0.15) is 24.3 Å². The Morgan fingerprint density at radius 3 is 2.30 bits per heavy atom. The monoisotopic (exact) mass is 375 g/mol. The van der Waals surface area contributed by atoms with Crippen molar-refractivity contribution < 1.29 is 23.1 Å². The lowest BCUT2D eigenvalue weighted by Gasteiger charge is -2.24. The summed E-state index contributed by atoms with van der Waals surface area (Å²) in [4.78, 5) is 27.2. The van der Waals surface area contributed by atoms with Crippen LogP contribution in [0.15, 0.2) is 42.5 Å². The lowest BCUT2D eigenvalue weighted by atomic mass is 10.0. The molecule has 1 fully saturated rings. The van der Waals surface area contributed by atoms with Crippen LogP contribution in [-0.4, -0.2) is 44.1 Å². The van der Waals surface area contributed by atoms with Gasteiger partial charge in [0.05, 0.1) is 12.1 Å². The summed E-state index contributed by atoms with van der Waals surface area (Å²) >= 11 is 0. The Kier molecular flexibility index (Phi) is 5.36. The average molecular weight is 375 g/mol. The van der Waals surface area contributed by atoms with Gasteiger partial charge in [-0.25, -0.2) is 13.6 Å². The highest BCUT2D eigenvalue weighted by Gasteiger charge is 2.29. The quantitative estimate of drug-likeness (QED) is 0.872. The molecule has 0 aromatic heterocycles. The number of benzene rings is 2. The maximum Gasteiger partial charge on any atom is 0.414 e. The van der Waals surface area contributed by atoms with Gasteiger partial charge in [0.25, 0.3) is 0 Å². The van der Waals surface area contributed by atoms with Crippen molar-refractivity contribution in [2.45, 2.75) is 6.04 Å². The fraction of sp³-hybridized carbons (Fsp3) is 0.263. The predicted molar refractivity (Wildman–Crippen MR) is 96.6 cm³/mol. The SMILES string of the molecule is CN(C)[C@@H](C(=O)Nc1ccc(N2CCOC2=O)cc1)c1c(F)cccc1F. The molecule has 0 unspecified atom stereocenters. The summed E-state index contributed by atoms with van der Waals surface area (Å²) in [7, 11) is 3.14. The van der Waals surface area contributed by atoms with Crippen molar-refractivity contribution in [2.75, 3.05) is 37.5 Å². The van der Waals surface area contributed by atoms with E-state index < -0.39 is 29.7 Å². The van der Waals surface area contributed by atoms with Crippen LogP contribution >= 0.6 is 0 Å². The third kappa shape index (κ3) is 3.90. The molecule has 6 nitrogen and oxygen atoms in total. The molecular weight excluding hydrogens is 356 g/mol. The number of amides is 2. The topological polar surface area (TPSA) is 61.9 Å².